The van der Waals surface area contributed by atoms with E-state index in [1.807, 2.05) is 6.92 Å². The van der Waals surface area contributed by atoms with Gasteiger partial charge in [0, 0.05) is 12.6 Å². The largest absolute Gasteiger partial charge is 0.480 e. The Bertz CT molecular complexity index is 381. The molecule has 3 fully saturated rings. The highest BCUT2D eigenvalue weighted by Gasteiger charge is 2.52. The van der Waals surface area contributed by atoms with E-state index in [2.05, 4.69) is 10.2 Å². The first-order valence-corrected chi connectivity index (χ1v) is 8.90. The quantitative estimate of drug-likeness (QED) is 0.790. The van der Waals surface area contributed by atoms with Gasteiger partial charge in [-0.25, -0.2) is 0 Å². The summed E-state index contributed by atoms with van der Waals surface area (Å²) in [6.45, 7) is 4.57. The van der Waals surface area contributed by atoms with Crippen molar-refractivity contribution in [3.05, 3.63) is 0 Å². The minimum Gasteiger partial charge on any atom is -0.480 e. The van der Waals surface area contributed by atoms with Crippen LogP contribution in [0.25, 0.3) is 0 Å². The molecule has 1 saturated heterocycles. The molecule has 2 aliphatic carbocycles. The summed E-state index contributed by atoms with van der Waals surface area (Å²) in [5.74, 6) is 0.517. The molecule has 2 N–H and O–H groups in total. The second-order valence-electron chi connectivity index (χ2n) is 7.31. The van der Waals surface area contributed by atoms with Crippen molar-refractivity contribution in [2.24, 2.45) is 11.8 Å². The highest BCUT2D eigenvalue weighted by molar-refractivity contribution is 5.80. The van der Waals surface area contributed by atoms with Crippen molar-refractivity contribution in [3.8, 4) is 0 Å². The highest BCUT2D eigenvalue weighted by Crippen LogP contribution is 2.43. The van der Waals surface area contributed by atoms with Gasteiger partial charge in [-0.05, 0) is 63.5 Å². The van der Waals surface area contributed by atoms with Gasteiger partial charge in [0.15, 0.2) is 0 Å². The Labute approximate surface area is 128 Å². The number of likely N-dealkylation sites (tertiary alicyclic amines) is 1. The normalized spacial score (nSPS) is 33.2. The third-order valence-electron chi connectivity index (χ3n) is 5.96. The molecule has 120 valence electrons. The Hall–Kier alpha value is -0.610. The number of carboxylic acids is 1. The summed E-state index contributed by atoms with van der Waals surface area (Å²) >= 11 is 0. The van der Waals surface area contributed by atoms with E-state index in [-0.39, 0.29) is 0 Å². The average Bonchev–Trinajstić information content (AvgIpc) is 3.32. The number of piperidine rings is 1. The van der Waals surface area contributed by atoms with Gasteiger partial charge in [-0.2, -0.15) is 0 Å². The lowest BCUT2D eigenvalue weighted by atomic mass is 9.77. The lowest BCUT2D eigenvalue weighted by Gasteiger charge is -2.47. The van der Waals surface area contributed by atoms with Gasteiger partial charge in [0.2, 0.25) is 0 Å². The van der Waals surface area contributed by atoms with E-state index in [0.717, 1.165) is 31.8 Å². The first-order chi connectivity index (χ1) is 10.2. The molecule has 0 radical (unpaired) electrons. The molecule has 0 bridgehead atoms. The monoisotopic (exact) mass is 294 g/mol. The van der Waals surface area contributed by atoms with Crippen molar-refractivity contribution in [2.45, 2.75) is 69.9 Å². The van der Waals surface area contributed by atoms with E-state index in [9.17, 15) is 9.90 Å². The second kappa shape index (κ2) is 6.25. The summed E-state index contributed by atoms with van der Waals surface area (Å²) in [6, 6.07) is 0.642. The van der Waals surface area contributed by atoms with E-state index in [1.54, 1.807) is 0 Å². The summed E-state index contributed by atoms with van der Waals surface area (Å²) in [5, 5.41) is 13.3. The summed E-state index contributed by atoms with van der Waals surface area (Å²) in [4.78, 5) is 14.6. The zero-order chi connectivity index (χ0) is 14.9. The molecule has 1 heterocycles. The third-order valence-corrected chi connectivity index (χ3v) is 5.96. The summed E-state index contributed by atoms with van der Waals surface area (Å²) in [6.07, 6.45) is 10.1. The van der Waals surface area contributed by atoms with Crippen LogP contribution in [0.2, 0.25) is 0 Å². The van der Waals surface area contributed by atoms with E-state index >= 15 is 0 Å². The van der Waals surface area contributed by atoms with Gasteiger partial charge in [-0.1, -0.05) is 19.8 Å². The van der Waals surface area contributed by atoms with Crippen molar-refractivity contribution in [1.82, 2.24) is 10.2 Å². The fourth-order valence-corrected chi connectivity index (χ4v) is 4.78. The maximum Gasteiger partial charge on any atom is 0.325 e. The fourth-order valence-electron chi connectivity index (χ4n) is 4.78. The fraction of sp³-hybridized carbons (Fsp3) is 0.941. The summed E-state index contributed by atoms with van der Waals surface area (Å²) in [5.41, 5.74) is -0.700. The van der Waals surface area contributed by atoms with Crippen LogP contribution in [-0.2, 0) is 4.79 Å². The maximum atomic E-state index is 12.0. The van der Waals surface area contributed by atoms with E-state index < -0.39 is 11.5 Å². The average molecular weight is 294 g/mol. The number of fused-ring (bicyclic) bond motifs is 1. The molecule has 3 aliphatic rings. The minimum absolute atomic E-state index is 0.332. The molecule has 0 aromatic carbocycles. The van der Waals surface area contributed by atoms with Crippen LogP contribution in [0.1, 0.15) is 58.3 Å². The SMILES string of the molecule is CCNC(CN1CCCC2CCCCC21)(C(=O)O)C1CC1. The molecule has 4 heteroatoms. The molecule has 4 nitrogen and oxygen atoms in total. The van der Waals surface area contributed by atoms with Gasteiger partial charge < -0.3 is 10.4 Å². The van der Waals surface area contributed by atoms with Crippen LogP contribution in [-0.4, -0.2) is 47.2 Å². The number of hydrogen-bond donors (Lipinski definition) is 2. The number of carbonyl (C=O) groups is 1. The number of likely N-dealkylation sites (N-methyl/N-ethyl adjacent to an activating group) is 1. The Morgan fingerprint density at radius 3 is 2.57 bits per heavy atom. The highest BCUT2D eigenvalue weighted by atomic mass is 16.4. The lowest BCUT2D eigenvalue weighted by Crippen LogP contribution is -2.63. The molecule has 21 heavy (non-hydrogen) atoms. The molecule has 3 atom stereocenters. The van der Waals surface area contributed by atoms with Gasteiger partial charge in [0.1, 0.15) is 5.54 Å². The number of hydrogen-bond acceptors (Lipinski definition) is 3. The molecule has 3 rings (SSSR count). The van der Waals surface area contributed by atoms with Crippen LogP contribution < -0.4 is 5.32 Å². The number of nitrogens with zero attached hydrogens (tertiary/aromatic N) is 1. The van der Waals surface area contributed by atoms with E-state index in [0.29, 0.717) is 18.5 Å². The van der Waals surface area contributed by atoms with Gasteiger partial charge in [-0.3, -0.25) is 9.69 Å². The van der Waals surface area contributed by atoms with Crippen LogP contribution in [0, 0.1) is 11.8 Å². The topological polar surface area (TPSA) is 52.6 Å². The molecule has 0 amide bonds. The molecule has 3 unspecified atom stereocenters. The smallest absolute Gasteiger partial charge is 0.325 e. The number of rotatable bonds is 6. The Morgan fingerprint density at radius 2 is 1.90 bits per heavy atom. The van der Waals surface area contributed by atoms with Gasteiger partial charge in [0.05, 0.1) is 0 Å². The lowest BCUT2D eigenvalue weighted by molar-refractivity contribution is -0.148. The first-order valence-electron chi connectivity index (χ1n) is 8.90. The third kappa shape index (κ3) is 2.98. The number of nitrogens with one attached hydrogen (secondary N) is 1. The molecule has 0 spiro atoms. The zero-order valence-electron chi connectivity index (χ0n) is 13.3. The Morgan fingerprint density at radius 1 is 1.19 bits per heavy atom. The maximum absolute atomic E-state index is 12.0. The second-order valence-corrected chi connectivity index (χ2v) is 7.31. The predicted octanol–water partition coefficient (Wildman–Crippen LogP) is 2.48. The Balaban J connectivity index is 1.76. The van der Waals surface area contributed by atoms with E-state index in [1.165, 1.54) is 38.5 Å². The molecule has 2 saturated carbocycles. The number of carboxylic acid groups (broad SMARTS) is 1. The van der Waals surface area contributed by atoms with E-state index in [4.69, 9.17) is 0 Å². The van der Waals surface area contributed by atoms with Gasteiger partial charge >= 0.3 is 5.97 Å². The molecular weight excluding hydrogens is 264 g/mol. The van der Waals surface area contributed by atoms with Crippen molar-refractivity contribution in [3.63, 3.8) is 0 Å². The van der Waals surface area contributed by atoms with Gasteiger partial charge in [-0.15, -0.1) is 0 Å². The van der Waals surface area contributed by atoms with Crippen molar-refractivity contribution < 1.29 is 9.90 Å². The zero-order valence-corrected chi connectivity index (χ0v) is 13.3. The Kier molecular flexibility index (Phi) is 4.55. The van der Waals surface area contributed by atoms with Gasteiger partial charge in [0.25, 0.3) is 0 Å². The van der Waals surface area contributed by atoms with Crippen molar-refractivity contribution in [1.29, 1.82) is 0 Å². The summed E-state index contributed by atoms with van der Waals surface area (Å²) in [7, 11) is 0. The van der Waals surface area contributed by atoms with Crippen LogP contribution in [0.5, 0.6) is 0 Å². The molecular formula is C17H30N2O2. The van der Waals surface area contributed by atoms with Crippen LogP contribution in [0.3, 0.4) is 0 Å². The minimum atomic E-state index is -0.700. The molecule has 1 aliphatic heterocycles. The first kappa shape index (κ1) is 15.3. The standard InChI is InChI=1S/C17H30N2O2/c1-2-18-17(16(20)21,14-9-10-14)12-19-11-5-7-13-6-3-4-8-15(13)19/h13-15,18H,2-12H2,1H3,(H,20,21). The van der Waals surface area contributed by atoms with Crippen LogP contribution in [0.4, 0.5) is 0 Å². The predicted molar refractivity (Wildman–Crippen MR) is 83.3 cm³/mol. The van der Waals surface area contributed by atoms with Crippen molar-refractivity contribution in [2.75, 3.05) is 19.6 Å². The molecule has 0 aromatic heterocycles. The molecule has 0 aromatic rings. The number of aliphatic carboxylic acids is 1. The van der Waals surface area contributed by atoms with Crippen molar-refractivity contribution >= 4 is 5.97 Å². The van der Waals surface area contributed by atoms with Crippen LogP contribution in [0.15, 0.2) is 0 Å². The van der Waals surface area contributed by atoms with Crippen LogP contribution >= 0.6 is 0 Å². The summed E-state index contributed by atoms with van der Waals surface area (Å²) < 4.78 is 0.